The fraction of sp³-hybridized carbons (Fsp3) is 0.357. The van der Waals surface area contributed by atoms with Crippen LogP contribution in [-0.4, -0.2) is 28.1 Å². The van der Waals surface area contributed by atoms with Crippen LogP contribution in [-0.2, 0) is 0 Å². The molecule has 0 aliphatic rings. The Labute approximate surface area is 128 Å². The first-order valence-electron chi connectivity index (χ1n) is 6.78. The highest BCUT2D eigenvalue weighted by Crippen LogP contribution is 2.30. The number of para-hydroxylation sites is 2. The molecule has 0 fully saturated rings. The van der Waals surface area contributed by atoms with Crippen molar-refractivity contribution in [2.45, 2.75) is 20.3 Å². The number of nitrogens with zero attached hydrogens (tertiary/aromatic N) is 3. The second-order valence-electron chi connectivity index (χ2n) is 4.12. The molecule has 0 saturated heterocycles. The number of hydrogen-bond acceptors (Lipinski definition) is 6. The average molecular weight is 309 g/mol. The number of hydrogen-bond donors (Lipinski definition) is 1. The number of ether oxygens (including phenoxy) is 2. The van der Waals surface area contributed by atoms with Crippen LogP contribution in [0.2, 0.25) is 5.28 Å². The molecule has 1 aromatic heterocycles. The standard InChI is InChI=1S/C14H17ClN4O2/c1-3-9-16-13-17-12(15)18-14(19-13)21-11-8-6-5-7-10(11)20-4-2/h5-8H,3-4,9H2,1-2H3,(H,16,17,18,19). The van der Waals surface area contributed by atoms with Crippen LogP contribution in [0.5, 0.6) is 17.5 Å². The summed E-state index contributed by atoms with van der Waals surface area (Å²) in [6.07, 6.45) is 0.951. The van der Waals surface area contributed by atoms with E-state index in [1.54, 1.807) is 6.07 Å². The summed E-state index contributed by atoms with van der Waals surface area (Å²) >= 11 is 5.88. The summed E-state index contributed by atoms with van der Waals surface area (Å²) < 4.78 is 11.1. The van der Waals surface area contributed by atoms with E-state index in [9.17, 15) is 0 Å². The van der Waals surface area contributed by atoms with Gasteiger partial charge in [-0.05, 0) is 37.1 Å². The van der Waals surface area contributed by atoms with Crippen LogP contribution in [0.15, 0.2) is 24.3 Å². The number of benzene rings is 1. The van der Waals surface area contributed by atoms with Crippen LogP contribution < -0.4 is 14.8 Å². The normalized spacial score (nSPS) is 10.2. The fourth-order valence-electron chi connectivity index (χ4n) is 1.60. The van der Waals surface area contributed by atoms with Gasteiger partial charge in [0.15, 0.2) is 11.5 Å². The molecule has 0 aliphatic heterocycles. The summed E-state index contributed by atoms with van der Waals surface area (Å²) in [6, 6.07) is 7.43. The van der Waals surface area contributed by atoms with Gasteiger partial charge in [0.25, 0.3) is 0 Å². The van der Waals surface area contributed by atoms with Crippen LogP contribution in [0.25, 0.3) is 0 Å². The monoisotopic (exact) mass is 308 g/mol. The lowest BCUT2D eigenvalue weighted by Gasteiger charge is -2.10. The molecule has 7 heteroatoms. The zero-order valence-corrected chi connectivity index (χ0v) is 12.7. The number of rotatable bonds is 7. The zero-order chi connectivity index (χ0) is 15.1. The van der Waals surface area contributed by atoms with Gasteiger partial charge in [-0.25, -0.2) is 0 Å². The number of halogens is 1. The maximum atomic E-state index is 5.88. The van der Waals surface area contributed by atoms with E-state index in [0.29, 0.717) is 24.1 Å². The molecule has 0 atom stereocenters. The van der Waals surface area contributed by atoms with Crippen molar-refractivity contribution in [3.8, 4) is 17.5 Å². The molecule has 1 heterocycles. The topological polar surface area (TPSA) is 69.2 Å². The van der Waals surface area contributed by atoms with Crippen LogP contribution in [0, 0.1) is 0 Å². The van der Waals surface area contributed by atoms with E-state index in [-0.39, 0.29) is 11.3 Å². The van der Waals surface area contributed by atoms with Gasteiger partial charge in [-0.2, -0.15) is 15.0 Å². The van der Waals surface area contributed by atoms with Gasteiger partial charge in [-0.15, -0.1) is 0 Å². The molecule has 2 aromatic rings. The van der Waals surface area contributed by atoms with E-state index >= 15 is 0 Å². The lowest BCUT2D eigenvalue weighted by atomic mass is 10.3. The average Bonchev–Trinajstić information content (AvgIpc) is 2.47. The molecule has 1 N–H and O–H groups in total. The van der Waals surface area contributed by atoms with Crippen molar-refractivity contribution in [3.63, 3.8) is 0 Å². The molecule has 0 amide bonds. The third-order valence-electron chi connectivity index (χ3n) is 2.47. The van der Waals surface area contributed by atoms with Gasteiger partial charge in [0.2, 0.25) is 11.2 Å². The molecule has 0 saturated carbocycles. The van der Waals surface area contributed by atoms with Crippen LogP contribution in [0.4, 0.5) is 5.95 Å². The van der Waals surface area contributed by atoms with Crippen LogP contribution in [0.1, 0.15) is 20.3 Å². The summed E-state index contributed by atoms with van der Waals surface area (Å²) in [5.41, 5.74) is 0. The van der Waals surface area contributed by atoms with Crippen molar-refractivity contribution >= 4 is 17.5 Å². The molecule has 1 aromatic carbocycles. The highest BCUT2D eigenvalue weighted by molar-refractivity contribution is 6.28. The Balaban J connectivity index is 2.21. The van der Waals surface area contributed by atoms with Crippen molar-refractivity contribution in [2.24, 2.45) is 0 Å². The van der Waals surface area contributed by atoms with Gasteiger partial charge in [0.1, 0.15) is 0 Å². The second kappa shape index (κ2) is 7.64. The van der Waals surface area contributed by atoms with Crippen LogP contribution >= 0.6 is 11.6 Å². The summed E-state index contributed by atoms with van der Waals surface area (Å²) in [7, 11) is 0. The molecule has 0 spiro atoms. The molecular weight excluding hydrogens is 292 g/mol. The minimum atomic E-state index is 0.0764. The Morgan fingerprint density at radius 2 is 1.86 bits per heavy atom. The van der Waals surface area contributed by atoms with Crippen molar-refractivity contribution in [2.75, 3.05) is 18.5 Å². The Kier molecular flexibility index (Phi) is 5.57. The first kappa shape index (κ1) is 15.3. The lowest BCUT2D eigenvalue weighted by Crippen LogP contribution is -2.06. The van der Waals surface area contributed by atoms with Gasteiger partial charge in [0, 0.05) is 6.54 Å². The molecule has 0 bridgehead atoms. The fourth-order valence-corrected chi connectivity index (χ4v) is 1.75. The molecule has 0 unspecified atom stereocenters. The molecule has 21 heavy (non-hydrogen) atoms. The summed E-state index contributed by atoms with van der Waals surface area (Å²) in [5, 5.41) is 3.12. The van der Waals surface area contributed by atoms with E-state index in [2.05, 4.69) is 20.3 Å². The predicted octanol–water partition coefficient (Wildman–Crippen LogP) is 3.54. The first-order chi connectivity index (χ1) is 10.2. The molecular formula is C14H17ClN4O2. The van der Waals surface area contributed by atoms with E-state index in [0.717, 1.165) is 13.0 Å². The number of aromatic nitrogens is 3. The Hall–Kier alpha value is -2.08. The summed E-state index contributed by atoms with van der Waals surface area (Å²) in [6.45, 7) is 5.24. The second-order valence-corrected chi connectivity index (χ2v) is 4.46. The minimum absolute atomic E-state index is 0.0764. The molecule has 6 nitrogen and oxygen atoms in total. The van der Waals surface area contributed by atoms with Crippen molar-refractivity contribution in [1.82, 2.24) is 15.0 Å². The first-order valence-corrected chi connectivity index (χ1v) is 7.15. The summed E-state index contributed by atoms with van der Waals surface area (Å²) in [4.78, 5) is 12.1. The maximum absolute atomic E-state index is 5.88. The molecule has 112 valence electrons. The number of anilines is 1. The van der Waals surface area contributed by atoms with E-state index in [4.69, 9.17) is 21.1 Å². The third-order valence-corrected chi connectivity index (χ3v) is 2.64. The van der Waals surface area contributed by atoms with E-state index in [1.807, 2.05) is 32.0 Å². The molecule has 2 rings (SSSR count). The van der Waals surface area contributed by atoms with Gasteiger partial charge in [0.05, 0.1) is 6.61 Å². The van der Waals surface area contributed by atoms with Gasteiger partial charge >= 0.3 is 6.01 Å². The number of nitrogens with one attached hydrogen (secondary N) is 1. The highest BCUT2D eigenvalue weighted by Gasteiger charge is 2.10. The SMILES string of the molecule is CCCNc1nc(Cl)nc(Oc2ccccc2OCC)n1. The van der Waals surface area contributed by atoms with Crippen LogP contribution in [0.3, 0.4) is 0 Å². The van der Waals surface area contributed by atoms with Crippen molar-refractivity contribution in [3.05, 3.63) is 29.5 Å². The Bertz CT molecular complexity index is 595. The molecule has 0 radical (unpaired) electrons. The smallest absolute Gasteiger partial charge is 0.328 e. The zero-order valence-electron chi connectivity index (χ0n) is 12.0. The van der Waals surface area contributed by atoms with Gasteiger partial charge < -0.3 is 14.8 Å². The van der Waals surface area contributed by atoms with Gasteiger partial charge in [-0.3, -0.25) is 0 Å². The summed E-state index contributed by atoms with van der Waals surface area (Å²) in [5.74, 6) is 1.54. The minimum Gasteiger partial charge on any atom is -0.490 e. The third kappa shape index (κ3) is 4.46. The maximum Gasteiger partial charge on any atom is 0.328 e. The van der Waals surface area contributed by atoms with Gasteiger partial charge in [-0.1, -0.05) is 19.1 Å². The van der Waals surface area contributed by atoms with Crippen molar-refractivity contribution < 1.29 is 9.47 Å². The Morgan fingerprint density at radius 1 is 1.10 bits per heavy atom. The van der Waals surface area contributed by atoms with E-state index in [1.165, 1.54) is 0 Å². The Morgan fingerprint density at radius 3 is 2.57 bits per heavy atom. The van der Waals surface area contributed by atoms with Crippen molar-refractivity contribution in [1.29, 1.82) is 0 Å². The lowest BCUT2D eigenvalue weighted by molar-refractivity contribution is 0.317. The highest BCUT2D eigenvalue weighted by atomic mass is 35.5. The largest absolute Gasteiger partial charge is 0.490 e. The quantitative estimate of drug-likeness (QED) is 0.843. The molecule has 0 aliphatic carbocycles. The van der Waals surface area contributed by atoms with E-state index < -0.39 is 0 Å². The predicted molar refractivity (Wildman–Crippen MR) is 81.3 cm³/mol.